The highest BCUT2D eigenvalue weighted by molar-refractivity contribution is 7.89. The van der Waals surface area contributed by atoms with Crippen molar-refractivity contribution in [1.82, 2.24) is 14.6 Å². The molecule has 2 aromatic rings. The van der Waals surface area contributed by atoms with Crippen molar-refractivity contribution < 1.29 is 17.9 Å². The fourth-order valence-corrected chi connectivity index (χ4v) is 4.25. The number of anilines is 2. The molecule has 0 bridgehead atoms. The topological polar surface area (TPSA) is 104 Å². The van der Waals surface area contributed by atoms with Crippen LogP contribution < -0.4 is 19.7 Å². The van der Waals surface area contributed by atoms with Crippen molar-refractivity contribution in [2.45, 2.75) is 17.9 Å². The van der Waals surface area contributed by atoms with Crippen LogP contribution in [0.15, 0.2) is 47.5 Å². The summed E-state index contributed by atoms with van der Waals surface area (Å²) < 4.78 is 32.4. The molecule has 1 aromatic heterocycles. The van der Waals surface area contributed by atoms with Crippen LogP contribution in [0.3, 0.4) is 0 Å². The number of sulfonamides is 1. The van der Waals surface area contributed by atoms with Gasteiger partial charge in [0.2, 0.25) is 15.9 Å². The summed E-state index contributed by atoms with van der Waals surface area (Å²) >= 11 is 0. The second kappa shape index (κ2) is 9.41. The Kier molecular flexibility index (Phi) is 6.91. The molecule has 2 heterocycles. The van der Waals surface area contributed by atoms with Crippen LogP contribution >= 0.6 is 0 Å². The SMILES string of the molecule is COc1ccc(S(=O)(=O)N[C@@H](C)C(=O)Nc2ccc(N3CCN(C)CC3)nc2)cc1. The number of pyridine rings is 1. The van der Waals surface area contributed by atoms with Gasteiger partial charge in [-0.05, 0) is 50.4 Å². The molecular formula is C20H27N5O4S. The molecule has 1 amide bonds. The highest BCUT2D eigenvalue weighted by Gasteiger charge is 2.22. The summed E-state index contributed by atoms with van der Waals surface area (Å²) in [5.74, 6) is 0.933. The van der Waals surface area contributed by atoms with Gasteiger partial charge in [0, 0.05) is 26.2 Å². The largest absolute Gasteiger partial charge is 0.497 e. The average Bonchev–Trinajstić information content (AvgIpc) is 2.74. The summed E-state index contributed by atoms with van der Waals surface area (Å²) in [4.78, 5) is 21.4. The number of piperazine rings is 1. The van der Waals surface area contributed by atoms with Crippen molar-refractivity contribution in [2.24, 2.45) is 0 Å². The van der Waals surface area contributed by atoms with E-state index in [0.717, 1.165) is 32.0 Å². The number of ether oxygens (including phenoxy) is 1. The van der Waals surface area contributed by atoms with E-state index in [1.54, 1.807) is 24.4 Å². The summed E-state index contributed by atoms with van der Waals surface area (Å²) in [6, 6.07) is 8.60. The maximum atomic E-state index is 12.5. The molecule has 1 fully saturated rings. The highest BCUT2D eigenvalue weighted by atomic mass is 32.2. The Morgan fingerprint density at radius 1 is 1.10 bits per heavy atom. The van der Waals surface area contributed by atoms with Crippen molar-refractivity contribution >= 4 is 27.4 Å². The number of benzene rings is 1. The van der Waals surface area contributed by atoms with Crippen LogP contribution in [0.5, 0.6) is 5.75 Å². The molecule has 0 aliphatic carbocycles. The number of hydrogen-bond donors (Lipinski definition) is 2. The third-order valence-electron chi connectivity index (χ3n) is 4.94. The fourth-order valence-electron chi connectivity index (χ4n) is 3.04. The lowest BCUT2D eigenvalue weighted by Crippen LogP contribution is -2.44. The number of aromatic nitrogens is 1. The van der Waals surface area contributed by atoms with Crippen LogP contribution in [0.1, 0.15) is 6.92 Å². The Morgan fingerprint density at radius 2 is 1.77 bits per heavy atom. The van der Waals surface area contributed by atoms with E-state index in [2.05, 4.69) is 31.9 Å². The molecule has 1 saturated heterocycles. The van der Waals surface area contributed by atoms with Gasteiger partial charge in [0.1, 0.15) is 11.6 Å². The molecular weight excluding hydrogens is 406 g/mol. The van der Waals surface area contributed by atoms with Gasteiger partial charge in [-0.3, -0.25) is 4.79 Å². The molecule has 10 heteroatoms. The molecule has 1 aliphatic heterocycles. The molecule has 3 rings (SSSR count). The zero-order chi connectivity index (χ0) is 21.7. The van der Waals surface area contributed by atoms with E-state index >= 15 is 0 Å². The number of methoxy groups -OCH3 is 1. The second-order valence-corrected chi connectivity index (χ2v) is 8.92. The monoisotopic (exact) mass is 433 g/mol. The molecule has 0 unspecified atom stereocenters. The molecule has 1 aliphatic rings. The molecule has 1 atom stereocenters. The first-order valence-corrected chi connectivity index (χ1v) is 11.1. The summed E-state index contributed by atoms with van der Waals surface area (Å²) in [6.07, 6.45) is 1.58. The second-order valence-electron chi connectivity index (χ2n) is 7.20. The van der Waals surface area contributed by atoms with Gasteiger partial charge in [0.05, 0.1) is 29.9 Å². The van der Waals surface area contributed by atoms with Crippen molar-refractivity contribution in [1.29, 1.82) is 0 Å². The minimum absolute atomic E-state index is 0.0566. The number of nitrogens with one attached hydrogen (secondary N) is 2. The Balaban J connectivity index is 1.58. The highest BCUT2D eigenvalue weighted by Crippen LogP contribution is 2.17. The Hall–Kier alpha value is -2.69. The molecule has 0 spiro atoms. The Labute approximate surface area is 177 Å². The lowest BCUT2D eigenvalue weighted by molar-refractivity contribution is -0.117. The van der Waals surface area contributed by atoms with Gasteiger partial charge in [0.25, 0.3) is 0 Å². The number of rotatable bonds is 7. The van der Waals surface area contributed by atoms with Crippen LogP contribution in [0.2, 0.25) is 0 Å². The normalized spacial score (nSPS) is 16.2. The number of carbonyl (C=O) groups excluding carboxylic acids is 1. The van der Waals surface area contributed by atoms with Crippen LogP contribution in [-0.4, -0.2) is 70.6 Å². The van der Waals surface area contributed by atoms with Gasteiger partial charge in [-0.2, -0.15) is 4.72 Å². The fraction of sp³-hybridized carbons (Fsp3) is 0.400. The summed E-state index contributed by atoms with van der Waals surface area (Å²) in [6.45, 7) is 5.25. The zero-order valence-electron chi connectivity index (χ0n) is 17.3. The van der Waals surface area contributed by atoms with Gasteiger partial charge in [-0.25, -0.2) is 13.4 Å². The zero-order valence-corrected chi connectivity index (χ0v) is 18.1. The van der Waals surface area contributed by atoms with Crippen LogP contribution in [0, 0.1) is 0 Å². The van der Waals surface area contributed by atoms with E-state index in [1.807, 2.05) is 6.07 Å². The van der Waals surface area contributed by atoms with Gasteiger partial charge in [0.15, 0.2) is 0 Å². The molecule has 2 N–H and O–H groups in total. The Bertz CT molecular complexity index is 956. The maximum Gasteiger partial charge on any atom is 0.242 e. The van der Waals surface area contributed by atoms with E-state index in [-0.39, 0.29) is 4.90 Å². The summed E-state index contributed by atoms with van der Waals surface area (Å²) in [5.41, 5.74) is 0.508. The first kappa shape index (κ1) is 22.0. The van der Waals surface area contributed by atoms with Crippen molar-refractivity contribution in [3.8, 4) is 5.75 Å². The first-order chi connectivity index (χ1) is 14.3. The quantitative estimate of drug-likeness (QED) is 0.675. The van der Waals surface area contributed by atoms with E-state index in [4.69, 9.17) is 4.74 Å². The standard InChI is InChI=1S/C20H27N5O4S/c1-15(23-30(27,28)18-7-5-17(29-3)6-8-18)20(26)22-16-4-9-19(21-14-16)25-12-10-24(2)11-13-25/h4-9,14-15,23H,10-13H2,1-3H3,(H,22,26)/t15-/m0/s1. The van der Waals surface area contributed by atoms with Crippen LogP contribution in [-0.2, 0) is 14.8 Å². The van der Waals surface area contributed by atoms with E-state index in [9.17, 15) is 13.2 Å². The number of amides is 1. The van der Waals surface area contributed by atoms with Crippen LogP contribution in [0.25, 0.3) is 0 Å². The molecule has 0 radical (unpaired) electrons. The Morgan fingerprint density at radius 3 is 2.33 bits per heavy atom. The van der Waals surface area contributed by atoms with Crippen LogP contribution in [0.4, 0.5) is 11.5 Å². The lowest BCUT2D eigenvalue weighted by atomic mass is 10.3. The molecule has 9 nitrogen and oxygen atoms in total. The number of hydrogen-bond acceptors (Lipinski definition) is 7. The molecule has 1 aromatic carbocycles. The number of carbonyl (C=O) groups is 1. The molecule has 0 saturated carbocycles. The van der Waals surface area contributed by atoms with Crippen molar-refractivity contribution in [3.05, 3.63) is 42.6 Å². The number of likely N-dealkylation sites (N-methyl/N-ethyl adjacent to an activating group) is 1. The van der Waals surface area contributed by atoms with E-state index in [1.165, 1.54) is 26.2 Å². The lowest BCUT2D eigenvalue weighted by Gasteiger charge is -2.33. The number of nitrogens with zero attached hydrogens (tertiary/aromatic N) is 3. The minimum atomic E-state index is -3.84. The van der Waals surface area contributed by atoms with Gasteiger partial charge < -0.3 is 19.9 Å². The predicted octanol–water partition coefficient (Wildman–Crippen LogP) is 1.15. The van der Waals surface area contributed by atoms with E-state index < -0.39 is 22.0 Å². The van der Waals surface area contributed by atoms with E-state index in [0.29, 0.717) is 11.4 Å². The average molecular weight is 434 g/mol. The smallest absolute Gasteiger partial charge is 0.242 e. The predicted molar refractivity (Wildman–Crippen MR) is 115 cm³/mol. The van der Waals surface area contributed by atoms with Gasteiger partial charge in [-0.15, -0.1) is 0 Å². The summed E-state index contributed by atoms with van der Waals surface area (Å²) in [7, 11) is -0.249. The first-order valence-electron chi connectivity index (χ1n) is 9.65. The maximum absolute atomic E-state index is 12.5. The van der Waals surface area contributed by atoms with Gasteiger partial charge >= 0.3 is 0 Å². The van der Waals surface area contributed by atoms with Gasteiger partial charge in [-0.1, -0.05) is 0 Å². The van der Waals surface area contributed by atoms with Crippen molar-refractivity contribution in [2.75, 3.05) is 50.6 Å². The van der Waals surface area contributed by atoms with Crippen molar-refractivity contribution in [3.63, 3.8) is 0 Å². The minimum Gasteiger partial charge on any atom is -0.497 e. The summed E-state index contributed by atoms with van der Waals surface area (Å²) in [5, 5.41) is 2.70. The molecule has 162 valence electrons. The third kappa shape index (κ3) is 5.47. The molecule has 30 heavy (non-hydrogen) atoms. The third-order valence-corrected chi connectivity index (χ3v) is 6.49.